The van der Waals surface area contributed by atoms with E-state index in [2.05, 4.69) is 13.8 Å². The third kappa shape index (κ3) is 49.8. The van der Waals surface area contributed by atoms with E-state index in [-0.39, 0.29) is 123 Å². The van der Waals surface area contributed by atoms with Crippen molar-refractivity contribution in [3.8, 4) is 0 Å². The summed E-state index contributed by atoms with van der Waals surface area (Å²) in [6.07, 6.45) is 33.6. The van der Waals surface area contributed by atoms with Gasteiger partial charge in [-0.1, -0.05) is 201 Å². The molecule has 7 aliphatic carbocycles. The first-order valence-electron chi connectivity index (χ1n) is 49.7. The fourth-order valence-electron chi connectivity index (χ4n) is 16.3. The summed E-state index contributed by atoms with van der Waals surface area (Å²) in [5, 5.41) is 2.24. The fraction of sp³-hybridized carbons (Fsp3) is 0.519. The van der Waals surface area contributed by atoms with Crippen LogP contribution in [0, 0.1) is 39.5 Å². The molecule has 8 aromatic carbocycles. The molecule has 8 aromatic rings. The smallest absolute Gasteiger partial charge is 0.327 e. The van der Waals surface area contributed by atoms with Crippen molar-refractivity contribution in [2.75, 3.05) is 6.61 Å². The standard InChI is InChI=1S/C17H19NO2.C14H19NO2.C13H23NO2.C13H17NO2.C12H23NO3.C11H21NO2.4C7H8O3S.ClH/c18-16(17(19)20-15-7-3-4-8-15)14-10-9-12-5-1-2-6-13(12)11-14;15-13(10-11-6-2-1-3-7-11)14(16)17-12-8-4-5-9-12;2*14-12(10-6-2-1-3-7-10)13(15)16-11-8-4-5-9-11;1-12(2,3)15-8-10(13)11(14)16-9-6-4-5-7-9;1-8(2)7-10(12)11(13)14-9-5-3-4-6-9;4*1-6-2-4-7(5-3-6)11(8,9)10;/h1-2,5-6,9-11,15-16H,3-4,7-8,18H2;1-3,6-7,12-13H,4-5,8-10,15H2;10-12H,1-9,14H2;1-3,6-7,11-12H,4-5,8-9,14H2;9-10H,4-8,13H2,1-3H3;8-10H,3-7,12H2,1-2H3;4*2-5H,1H3,(H,8,9,10);1H/t16-;13-;2*12-;2*10-;;;;;/m000000...../s1. The first kappa shape index (κ1) is 125. The van der Waals surface area contributed by atoms with E-state index < -0.39 is 70.7 Å². The lowest BCUT2D eigenvalue weighted by Gasteiger charge is -2.26. The third-order valence-corrected chi connectivity index (χ3v) is 28.1. The van der Waals surface area contributed by atoms with Crippen LogP contribution in [0.15, 0.2) is 220 Å². The SMILES string of the molecule is CC(C)(C)OC[C@H](N)C(=O)OC1CCCC1.CC(C)C[C@H](N)C(=O)OC1CCCC1.Cc1ccc(S(=O)(=O)O)cc1.Cc1ccc(S(=O)(=O)O)cc1.Cc1ccc(S(=O)(=O)O)cc1.Cc1ccc(S(=O)(=O)O)cc1.Cl.N[C@@H](Cc1ccccc1)C(=O)OC1CCCC1.N[C@H](C(=O)OC1CCCC1)C1CCCCC1.N[C@H](C(=O)OC1CCCC1)c1ccc2ccccc2c1.N[C@H](C(=O)OC1CCCC1)c1ccccc1. The molecule has 0 bridgehead atoms. The molecule has 0 heterocycles. The van der Waals surface area contributed by atoms with Crippen LogP contribution in [0.1, 0.15) is 278 Å². The molecule has 15 rings (SSSR count). The van der Waals surface area contributed by atoms with Crippen molar-refractivity contribution in [2.24, 2.45) is 46.2 Å². The second-order valence-electron chi connectivity index (χ2n) is 38.7. The summed E-state index contributed by atoms with van der Waals surface area (Å²) < 4.78 is 156. The van der Waals surface area contributed by atoms with Crippen molar-refractivity contribution in [3.63, 3.8) is 0 Å². The average Bonchev–Trinajstić information content (AvgIpc) is 1.68. The Bertz CT molecular complexity index is 5300. The van der Waals surface area contributed by atoms with Crippen LogP contribution in [0.5, 0.6) is 0 Å². The zero-order chi connectivity index (χ0) is 105. The van der Waals surface area contributed by atoms with Gasteiger partial charge < -0.3 is 67.6 Å². The van der Waals surface area contributed by atoms with Gasteiger partial charge in [-0.15, -0.1) is 12.4 Å². The van der Waals surface area contributed by atoms with Gasteiger partial charge in [0.1, 0.15) is 72.9 Å². The number of esters is 6. The van der Waals surface area contributed by atoms with Gasteiger partial charge >= 0.3 is 35.8 Å². The molecular formula is C108H155ClN6O25S4. The van der Waals surface area contributed by atoms with Crippen LogP contribution in [0.25, 0.3) is 10.8 Å². The molecule has 144 heavy (non-hydrogen) atoms. The van der Waals surface area contributed by atoms with Crippen molar-refractivity contribution in [1.29, 1.82) is 0 Å². The van der Waals surface area contributed by atoms with Gasteiger partial charge in [0, 0.05) is 0 Å². The molecule has 0 amide bonds. The molecule has 0 radical (unpaired) electrons. The second-order valence-corrected chi connectivity index (χ2v) is 44.4. The summed E-state index contributed by atoms with van der Waals surface area (Å²) in [6.45, 7) is 17.5. The Labute approximate surface area is 859 Å². The Morgan fingerprint density at radius 2 is 0.590 bits per heavy atom. The molecule has 0 aromatic heterocycles. The number of nitrogens with two attached hydrogens (primary N) is 6. The van der Waals surface area contributed by atoms with Crippen LogP contribution in [0.2, 0.25) is 0 Å². The van der Waals surface area contributed by atoms with E-state index in [1.54, 1.807) is 48.5 Å². The summed E-state index contributed by atoms with van der Waals surface area (Å²) in [6, 6.07) is 53.6. The van der Waals surface area contributed by atoms with Crippen LogP contribution < -0.4 is 34.4 Å². The van der Waals surface area contributed by atoms with Gasteiger partial charge in [0.25, 0.3) is 40.5 Å². The van der Waals surface area contributed by atoms with Gasteiger partial charge in [0.15, 0.2) is 0 Å². The molecule has 0 aliphatic heterocycles. The highest BCUT2D eigenvalue weighted by Crippen LogP contribution is 2.32. The molecule has 0 saturated heterocycles. The lowest BCUT2D eigenvalue weighted by molar-refractivity contribution is -0.153. The fourth-order valence-corrected chi connectivity index (χ4v) is 18.3. The van der Waals surface area contributed by atoms with Crippen LogP contribution in [-0.4, -0.2) is 161 Å². The quantitative estimate of drug-likeness (QED) is 0.0144. The Morgan fingerprint density at radius 1 is 0.319 bits per heavy atom. The van der Waals surface area contributed by atoms with Crippen molar-refractivity contribution < 1.29 is 114 Å². The Kier molecular flexibility index (Phi) is 55.5. The number of carbonyl (C=O) groups is 6. The monoisotopic (exact) mass is 2100 g/mol. The van der Waals surface area contributed by atoms with Crippen molar-refractivity contribution in [3.05, 3.63) is 239 Å². The van der Waals surface area contributed by atoms with Gasteiger partial charge in [0.05, 0.1) is 31.8 Å². The molecule has 36 heteroatoms. The minimum atomic E-state index is -4.02. The maximum absolute atomic E-state index is 12.1. The average molecular weight is 2100 g/mol. The summed E-state index contributed by atoms with van der Waals surface area (Å²) in [5.74, 6) is -0.782. The molecule has 0 unspecified atom stereocenters. The highest BCUT2D eigenvalue weighted by molar-refractivity contribution is 7.86. The number of benzene rings is 8. The topological polar surface area (TPSA) is 541 Å². The van der Waals surface area contributed by atoms with E-state index in [1.807, 2.05) is 152 Å². The molecule has 16 N–H and O–H groups in total. The molecule has 0 spiro atoms. The predicted octanol–water partition coefficient (Wildman–Crippen LogP) is 18.8. The maximum Gasteiger partial charge on any atom is 0.327 e. The first-order chi connectivity index (χ1) is 67.5. The molecule has 7 saturated carbocycles. The Hall–Kier alpha value is -9.51. The second kappa shape index (κ2) is 63.9. The summed E-state index contributed by atoms with van der Waals surface area (Å²) >= 11 is 0. The molecular weight excluding hydrogens is 1940 g/mol. The molecule has 798 valence electrons. The number of ether oxygens (including phenoxy) is 7. The molecule has 7 aliphatic rings. The van der Waals surface area contributed by atoms with E-state index in [0.29, 0.717) is 24.7 Å². The Balaban J connectivity index is 0.000000283. The summed E-state index contributed by atoms with van der Waals surface area (Å²) in [7, 11) is -16.1. The van der Waals surface area contributed by atoms with Crippen LogP contribution in [0.3, 0.4) is 0 Å². The van der Waals surface area contributed by atoms with Crippen LogP contribution in [-0.2, 0) is 109 Å². The van der Waals surface area contributed by atoms with E-state index >= 15 is 0 Å². The lowest BCUT2D eigenvalue weighted by Crippen LogP contribution is -2.41. The maximum atomic E-state index is 12.1. The van der Waals surface area contributed by atoms with Crippen molar-refractivity contribution in [2.45, 2.75) is 359 Å². The minimum absolute atomic E-state index is 0. The first-order valence-corrected chi connectivity index (χ1v) is 55.4. The predicted molar refractivity (Wildman–Crippen MR) is 559 cm³/mol. The zero-order valence-corrected chi connectivity index (χ0v) is 88.7. The number of aryl methyl sites for hydroxylation is 4. The molecule has 6 atom stereocenters. The number of carbonyl (C=O) groups excluding carboxylic acids is 6. The number of fused-ring (bicyclic) bond motifs is 1. The van der Waals surface area contributed by atoms with Gasteiger partial charge in [-0.2, -0.15) is 33.7 Å². The number of hydrogen-bond acceptors (Lipinski definition) is 27. The highest BCUT2D eigenvalue weighted by Gasteiger charge is 2.33. The number of rotatable bonds is 25. The minimum Gasteiger partial charge on any atom is -0.461 e. The summed E-state index contributed by atoms with van der Waals surface area (Å²) in [5.41, 5.74) is 41.4. The van der Waals surface area contributed by atoms with Gasteiger partial charge in [-0.05, 0) is 322 Å². The van der Waals surface area contributed by atoms with Crippen LogP contribution in [0.4, 0.5) is 0 Å². The highest BCUT2D eigenvalue weighted by atomic mass is 35.5. The Morgan fingerprint density at radius 3 is 0.903 bits per heavy atom. The number of halogens is 1. The van der Waals surface area contributed by atoms with E-state index in [1.165, 1.54) is 93.5 Å². The lowest BCUT2D eigenvalue weighted by atomic mass is 9.84. The van der Waals surface area contributed by atoms with Gasteiger partial charge in [0.2, 0.25) is 0 Å². The van der Waals surface area contributed by atoms with Gasteiger partial charge in [-0.3, -0.25) is 37.4 Å². The van der Waals surface area contributed by atoms with Crippen molar-refractivity contribution >= 4 is 99.5 Å². The van der Waals surface area contributed by atoms with E-state index in [0.717, 1.165) is 191 Å². The van der Waals surface area contributed by atoms with Crippen molar-refractivity contribution in [1.82, 2.24) is 0 Å². The molecule has 7 fully saturated rings. The number of hydrogen-bond donors (Lipinski definition) is 10. The third-order valence-electron chi connectivity index (χ3n) is 24.6. The zero-order valence-electron chi connectivity index (χ0n) is 84.6. The normalized spacial score (nSPS) is 17.0. The van der Waals surface area contributed by atoms with Crippen LogP contribution >= 0.6 is 12.4 Å². The van der Waals surface area contributed by atoms with E-state index in [4.69, 9.17) is 85.8 Å². The largest absolute Gasteiger partial charge is 0.461 e. The summed E-state index contributed by atoms with van der Waals surface area (Å²) in [4.78, 5) is 70.3. The van der Waals surface area contributed by atoms with Gasteiger partial charge in [-0.25, -0.2) is 9.59 Å². The molecule has 31 nitrogen and oxygen atoms in total. The van der Waals surface area contributed by atoms with E-state index in [9.17, 15) is 62.4 Å².